The van der Waals surface area contributed by atoms with Gasteiger partial charge in [0.05, 0.1) is 5.57 Å². The van der Waals surface area contributed by atoms with Gasteiger partial charge in [-0.25, -0.2) is 15.4 Å². The van der Waals surface area contributed by atoms with Crippen LogP contribution in [0.3, 0.4) is 0 Å². The molecule has 0 aromatic carbocycles. The zero-order valence-corrected chi connectivity index (χ0v) is 17.3. The molecule has 2 aromatic rings. The van der Waals surface area contributed by atoms with Gasteiger partial charge in [-0.05, 0) is 56.0 Å². The topological polar surface area (TPSA) is 89.5 Å². The minimum Gasteiger partial charge on any atom is -0.358 e. The molecular formula is C22H27N7O. The number of H-pyrrole nitrogens is 1. The van der Waals surface area contributed by atoms with Gasteiger partial charge in [0.2, 0.25) is 0 Å². The van der Waals surface area contributed by atoms with Crippen LogP contribution in [0, 0.1) is 0 Å². The molecule has 0 saturated carbocycles. The van der Waals surface area contributed by atoms with Gasteiger partial charge in [0.15, 0.2) is 5.82 Å². The molecule has 1 fully saturated rings. The summed E-state index contributed by atoms with van der Waals surface area (Å²) in [7, 11) is 2.18. The first-order valence-electron chi connectivity index (χ1n) is 10.7. The molecule has 2 aromatic heterocycles. The number of aromatic amines is 1. The Morgan fingerprint density at radius 1 is 1.10 bits per heavy atom. The van der Waals surface area contributed by atoms with Gasteiger partial charge in [-0.15, -0.1) is 0 Å². The number of piperazine rings is 1. The van der Waals surface area contributed by atoms with E-state index in [-0.39, 0.29) is 5.91 Å². The lowest BCUT2D eigenvalue weighted by Crippen LogP contribution is -2.44. The summed E-state index contributed by atoms with van der Waals surface area (Å²) in [5, 5.41) is 4.19. The highest BCUT2D eigenvalue weighted by molar-refractivity contribution is 6.32. The maximum atomic E-state index is 12.6. The van der Waals surface area contributed by atoms with Crippen molar-refractivity contribution in [2.24, 2.45) is 5.10 Å². The molecule has 0 radical (unpaired) electrons. The van der Waals surface area contributed by atoms with E-state index >= 15 is 0 Å². The lowest BCUT2D eigenvalue weighted by molar-refractivity contribution is -0.116. The molecule has 4 heterocycles. The van der Waals surface area contributed by atoms with Gasteiger partial charge in [0, 0.05) is 56.5 Å². The van der Waals surface area contributed by atoms with E-state index in [2.05, 4.69) is 42.3 Å². The number of nitrogens with zero attached hydrogens (tertiary/aromatic N) is 5. The highest BCUT2D eigenvalue weighted by Gasteiger charge is 2.28. The van der Waals surface area contributed by atoms with Gasteiger partial charge in [-0.2, -0.15) is 5.10 Å². The van der Waals surface area contributed by atoms with Gasteiger partial charge in [-0.3, -0.25) is 9.69 Å². The number of carbonyl (C=O) groups excluding carboxylic acids is 1. The summed E-state index contributed by atoms with van der Waals surface area (Å²) >= 11 is 0. The zero-order valence-electron chi connectivity index (χ0n) is 17.3. The van der Waals surface area contributed by atoms with Gasteiger partial charge >= 0.3 is 0 Å². The van der Waals surface area contributed by atoms with Crippen LogP contribution in [0.5, 0.6) is 0 Å². The third kappa shape index (κ3) is 3.68. The normalized spacial score (nSPS) is 21.6. The second kappa shape index (κ2) is 8.12. The van der Waals surface area contributed by atoms with Crippen molar-refractivity contribution < 1.29 is 4.79 Å². The van der Waals surface area contributed by atoms with Crippen LogP contribution >= 0.6 is 0 Å². The number of rotatable bonds is 4. The fraction of sp³-hybridized carbons (Fsp3) is 0.455. The van der Waals surface area contributed by atoms with E-state index in [1.54, 1.807) is 18.5 Å². The summed E-state index contributed by atoms with van der Waals surface area (Å²) in [4.78, 5) is 29.6. The number of likely N-dealkylation sites (N-methyl/N-ethyl adjacent to an activating group) is 1. The van der Waals surface area contributed by atoms with Crippen LogP contribution in [0.15, 0.2) is 29.1 Å². The van der Waals surface area contributed by atoms with Gasteiger partial charge in [0.25, 0.3) is 5.91 Å². The summed E-state index contributed by atoms with van der Waals surface area (Å²) in [6, 6.07) is 1.75. The first-order chi connectivity index (χ1) is 14.7. The molecule has 30 heavy (non-hydrogen) atoms. The highest BCUT2D eigenvalue weighted by Crippen LogP contribution is 2.30. The number of hydrazone groups is 1. The van der Waals surface area contributed by atoms with E-state index in [0.717, 1.165) is 51.3 Å². The van der Waals surface area contributed by atoms with Crippen molar-refractivity contribution >= 4 is 17.7 Å². The Balaban J connectivity index is 1.51. The van der Waals surface area contributed by atoms with Crippen LogP contribution in [0.2, 0.25) is 0 Å². The molecule has 0 unspecified atom stereocenters. The van der Waals surface area contributed by atoms with E-state index in [0.29, 0.717) is 17.1 Å². The Bertz CT molecular complexity index is 1000. The first-order valence-corrected chi connectivity index (χ1v) is 10.7. The van der Waals surface area contributed by atoms with Crippen molar-refractivity contribution in [3.8, 4) is 0 Å². The zero-order chi connectivity index (χ0) is 20.5. The molecule has 3 aliphatic rings. The first kappa shape index (κ1) is 19.1. The lowest BCUT2D eigenvalue weighted by atomic mass is 9.93. The van der Waals surface area contributed by atoms with E-state index in [9.17, 15) is 4.79 Å². The summed E-state index contributed by atoms with van der Waals surface area (Å²) in [6.07, 6.45) is 9.89. The predicted molar refractivity (Wildman–Crippen MR) is 115 cm³/mol. The largest absolute Gasteiger partial charge is 0.358 e. The second-order valence-electron chi connectivity index (χ2n) is 8.29. The van der Waals surface area contributed by atoms with Crippen molar-refractivity contribution in [2.45, 2.75) is 32.2 Å². The number of aryl methyl sites for hydroxylation is 1. The van der Waals surface area contributed by atoms with E-state index in [4.69, 9.17) is 0 Å². The van der Waals surface area contributed by atoms with Crippen LogP contribution in [0.1, 0.15) is 41.2 Å². The number of carbonyl (C=O) groups is 1. The van der Waals surface area contributed by atoms with Crippen LogP contribution in [-0.4, -0.2) is 69.6 Å². The lowest BCUT2D eigenvalue weighted by Gasteiger charge is -2.32. The van der Waals surface area contributed by atoms with E-state index in [1.807, 2.05) is 6.08 Å². The van der Waals surface area contributed by atoms with E-state index in [1.165, 1.54) is 29.7 Å². The minimum absolute atomic E-state index is 0.212. The standard InChI is InChI=1S/C22H27N7O/c1-28-9-11-29(12-10-28)14-17-15-5-2-3-6-18(15)25-19(17)13-16-20(26-27-22(16)30)21-23-7-4-8-24-21/h4,7-8,13,25H,2-3,5-6,9-12,14H2,1H3,(H,27,30)/b16-13+. The number of nitrogens with one attached hydrogen (secondary N) is 2. The fourth-order valence-corrected chi connectivity index (χ4v) is 4.51. The molecule has 0 atom stereocenters. The Labute approximate surface area is 176 Å². The molecule has 2 N–H and O–H groups in total. The molecule has 1 amide bonds. The second-order valence-corrected chi connectivity index (χ2v) is 8.29. The Kier molecular flexibility index (Phi) is 5.18. The van der Waals surface area contributed by atoms with Crippen LogP contribution < -0.4 is 5.43 Å². The van der Waals surface area contributed by atoms with Crippen molar-refractivity contribution in [3.05, 3.63) is 52.4 Å². The summed E-state index contributed by atoms with van der Waals surface area (Å²) < 4.78 is 0. The molecule has 0 spiro atoms. The molecule has 8 nitrogen and oxygen atoms in total. The molecule has 1 aliphatic carbocycles. The third-order valence-corrected chi connectivity index (χ3v) is 6.26. The van der Waals surface area contributed by atoms with Gasteiger partial charge < -0.3 is 9.88 Å². The summed E-state index contributed by atoms with van der Waals surface area (Å²) in [5.41, 5.74) is 8.71. The van der Waals surface area contributed by atoms with E-state index < -0.39 is 0 Å². The van der Waals surface area contributed by atoms with Gasteiger partial charge in [-0.1, -0.05) is 0 Å². The number of aromatic nitrogens is 3. The number of amides is 1. The van der Waals surface area contributed by atoms with Crippen LogP contribution in [-0.2, 0) is 24.2 Å². The van der Waals surface area contributed by atoms with Crippen molar-refractivity contribution in [3.63, 3.8) is 0 Å². The average Bonchev–Trinajstić information content (AvgIpc) is 3.31. The number of fused-ring (bicyclic) bond motifs is 1. The smallest absolute Gasteiger partial charge is 0.273 e. The van der Waals surface area contributed by atoms with Gasteiger partial charge in [0.1, 0.15) is 5.71 Å². The Morgan fingerprint density at radius 2 is 1.87 bits per heavy atom. The number of hydrogen-bond acceptors (Lipinski definition) is 6. The van der Waals surface area contributed by atoms with Crippen LogP contribution in [0.4, 0.5) is 0 Å². The van der Waals surface area contributed by atoms with Crippen LogP contribution in [0.25, 0.3) is 6.08 Å². The maximum Gasteiger partial charge on any atom is 0.273 e. The van der Waals surface area contributed by atoms with Crippen molar-refractivity contribution in [2.75, 3.05) is 33.2 Å². The number of hydrogen-bond donors (Lipinski definition) is 2. The molecule has 0 bridgehead atoms. The molecule has 8 heteroatoms. The summed E-state index contributed by atoms with van der Waals surface area (Å²) in [5.74, 6) is 0.245. The minimum atomic E-state index is -0.212. The Morgan fingerprint density at radius 3 is 2.67 bits per heavy atom. The molecule has 156 valence electrons. The highest BCUT2D eigenvalue weighted by atomic mass is 16.2. The SMILES string of the molecule is CN1CCN(Cc2c(/C=C3/C(=O)NN=C3c3ncccn3)[nH]c3c2CCCC3)CC1. The quantitative estimate of drug-likeness (QED) is 0.750. The van der Waals surface area contributed by atoms with Crippen molar-refractivity contribution in [1.82, 2.24) is 30.2 Å². The molecule has 1 saturated heterocycles. The maximum absolute atomic E-state index is 12.6. The molecule has 2 aliphatic heterocycles. The fourth-order valence-electron chi connectivity index (χ4n) is 4.51. The third-order valence-electron chi connectivity index (χ3n) is 6.26. The van der Waals surface area contributed by atoms with Crippen molar-refractivity contribution in [1.29, 1.82) is 0 Å². The average molecular weight is 406 g/mol. The summed E-state index contributed by atoms with van der Waals surface area (Å²) in [6.45, 7) is 5.23. The Hall–Kier alpha value is -2.84. The molecular weight excluding hydrogens is 378 g/mol. The molecule has 5 rings (SSSR count). The monoisotopic (exact) mass is 405 g/mol. The predicted octanol–water partition coefficient (Wildman–Crippen LogP) is 1.35.